The van der Waals surface area contributed by atoms with Gasteiger partial charge in [0, 0.05) is 0 Å². The highest BCUT2D eigenvalue weighted by Crippen LogP contribution is 2.32. The molecule has 0 radical (unpaired) electrons. The van der Waals surface area contributed by atoms with Gasteiger partial charge in [-0.3, -0.25) is 0 Å². The molecule has 0 atom stereocenters. The Labute approximate surface area is 102 Å². The Hall–Kier alpha value is 0.350. The predicted molar refractivity (Wildman–Crippen MR) is 72.7 cm³/mol. The number of thiol groups is 1. The van der Waals surface area contributed by atoms with Crippen molar-refractivity contribution >= 4 is 12.6 Å². The standard InChI is InChI=1S/C14H28S/c1-2-3-4-5-6-7-13-8-10-14(12-15)11-9-13/h13-15H,2-12H2,1H3/t13-,14-. The fourth-order valence-corrected chi connectivity index (χ4v) is 3.10. The molecule has 0 aromatic carbocycles. The molecule has 0 nitrogen and oxygen atoms in total. The maximum Gasteiger partial charge on any atom is -0.00695 e. The van der Waals surface area contributed by atoms with Crippen LogP contribution in [-0.2, 0) is 0 Å². The summed E-state index contributed by atoms with van der Waals surface area (Å²) in [6.07, 6.45) is 14.6. The number of rotatable bonds is 7. The molecule has 15 heavy (non-hydrogen) atoms. The zero-order valence-corrected chi connectivity index (χ0v) is 11.3. The van der Waals surface area contributed by atoms with E-state index in [0.29, 0.717) is 0 Å². The second kappa shape index (κ2) is 8.50. The van der Waals surface area contributed by atoms with Gasteiger partial charge in [-0.25, -0.2) is 0 Å². The Bertz CT molecular complexity index is 136. The molecule has 0 heterocycles. The van der Waals surface area contributed by atoms with Gasteiger partial charge in [0.05, 0.1) is 0 Å². The molecule has 90 valence electrons. The van der Waals surface area contributed by atoms with Crippen molar-refractivity contribution in [3.8, 4) is 0 Å². The van der Waals surface area contributed by atoms with E-state index in [1.54, 1.807) is 0 Å². The smallest absolute Gasteiger partial charge is 0.00695 e. The van der Waals surface area contributed by atoms with Crippen molar-refractivity contribution in [1.82, 2.24) is 0 Å². The van der Waals surface area contributed by atoms with Gasteiger partial charge in [0.25, 0.3) is 0 Å². The Balaban J connectivity index is 1.94. The quantitative estimate of drug-likeness (QED) is 0.456. The third-order valence-electron chi connectivity index (χ3n) is 3.94. The highest BCUT2D eigenvalue weighted by Gasteiger charge is 2.19. The molecule has 1 saturated carbocycles. The second-order valence-corrected chi connectivity index (χ2v) is 5.64. The van der Waals surface area contributed by atoms with Crippen molar-refractivity contribution < 1.29 is 0 Å². The Morgan fingerprint density at radius 3 is 2.07 bits per heavy atom. The van der Waals surface area contributed by atoms with E-state index in [1.807, 2.05) is 0 Å². The first-order valence-electron chi connectivity index (χ1n) is 6.97. The number of unbranched alkanes of at least 4 members (excludes halogenated alkanes) is 4. The summed E-state index contributed by atoms with van der Waals surface area (Å²) in [7, 11) is 0. The van der Waals surface area contributed by atoms with Gasteiger partial charge in [0.15, 0.2) is 0 Å². The van der Waals surface area contributed by atoms with Crippen molar-refractivity contribution in [2.75, 3.05) is 5.75 Å². The van der Waals surface area contributed by atoms with Crippen LogP contribution < -0.4 is 0 Å². The van der Waals surface area contributed by atoms with Gasteiger partial charge in [-0.2, -0.15) is 12.6 Å². The summed E-state index contributed by atoms with van der Waals surface area (Å²) in [4.78, 5) is 0. The summed E-state index contributed by atoms with van der Waals surface area (Å²) in [6.45, 7) is 2.29. The summed E-state index contributed by atoms with van der Waals surface area (Å²) >= 11 is 4.40. The maximum absolute atomic E-state index is 4.40. The van der Waals surface area contributed by atoms with Crippen LogP contribution in [0.2, 0.25) is 0 Å². The van der Waals surface area contributed by atoms with E-state index in [-0.39, 0.29) is 0 Å². The van der Waals surface area contributed by atoms with E-state index in [1.165, 1.54) is 64.2 Å². The minimum atomic E-state index is 0.935. The molecule has 0 unspecified atom stereocenters. The van der Waals surface area contributed by atoms with Gasteiger partial charge >= 0.3 is 0 Å². The lowest BCUT2D eigenvalue weighted by Gasteiger charge is -2.27. The van der Waals surface area contributed by atoms with Crippen molar-refractivity contribution in [2.24, 2.45) is 11.8 Å². The second-order valence-electron chi connectivity index (χ2n) is 5.27. The zero-order chi connectivity index (χ0) is 10.9. The number of hydrogen-bond donors (Lipinski definition) is 1. The van der Waals surface area contributed by atoms with Gasteiger partial charge in [0.2, 0.25) is 0 Å². The molecule has 0 spiro atoms. The normalized spacial score (nSPS) is 26.8. The molecule has 0 aromatic heterocycles. The minimum absolute atomic E-state index is 0.935. The lowest BCUT2D eigenvalue weighted by atomic mass is 9.80. The summed E-state index contributed by atoms with van der Waals surface area (Å²) in [5.74, 6) is 3.11. The van der Waals surface area contributed by atoms with Crippen molar-refractivity contribution in [2.45, 2.75) is 71.1 Å². The maximum atomic E-state index is 4.40. The molecule has 0 aromatic rings. The fraction of sp³-hybridized carbons (Fsp3) is 1.00. The molecule has 1 fully saturated rings. The van der Waals surface area contributed by atoms with Crippen LogP contribution in [0.5, 0.6) is 0 Å². The van der Waals surface area contributed by atoms with Crippen molar-refractivity contribution in [3.63, 3.8) is 0 Å². The van der Waals surface area contributed by atoms with Crippen LogP contribution >= 0.6 is 12.6 Å². The molecule has 0 aliphatic heterocycles. The van der Waals surface area contributed by atoms with Crippen LogP contribution in [-0.4, -0.2) is 5.75 Å². The van der Waals surface area contributed by atoms with Gasteiger partial charge in [-0.1, -0.05) is 58.3 Å². The van der Waals surface area contributed by atoms with Gasteiger partial charge < -0.3 is 0 Å². The average Bonchev–Trinajstić information content (AvgIpc) is 2.30. The SMILES string of the molecule is CCCCCCC[C@H]1CC[C@H](CS)CC1. The fourth-order valence-electron chi connectivity index (χ4n) is 2.74. The largest absolute Gasteiger partial charge is 0.179 e. The monoisotopic (exact) mass is 228 g/mol. The van der Waals surface area contributed by atoms with Crippen LogP contribution in [0.1, 0.15) is 71.1 Å². The molecule has 1 rings (SSSR count). The molecule has 0 N–H and O–H groups in total. The molecule has 1 heteroatoms. The van der Waals surface area contributed by atoms with E-state index in [0.717, 1.165) is 17.6 Å². The summed E-state index contributed by atoms with van der Waals surface area (Å²) in [5.41, 5.74) is 0. The summed E-state index contributed by atoms with van der Waals surface area (Å²) in [6, 6.07) is 0. The lowest BCUT2D eigenvalue weighted by molar-refractivity contribution is 0.274. The molecular formula is C14H28S. The predicted octanol–water partition coefficient (Wildman–Crippen LogP) is 5.08. The van der Waals surface area contributed by atoms with E-state index in [9.17, 15) is 0 Å². The summed E-state index contributed by atoms with van der Waals surface area (Å²) < 4.78 is 0. The molecule has 0 bridgehead atoms. The Morgan fingerprint density at radius 1 is 0.867 bits per heavy atom. The average molecular weight is 228 g/mol. The van der Waals surface area contributed by atoms with Crippen LogP contribution in [0.4, 0.5) is 0 Å². The highest BCUT2D eigenvalue weighted by molar-refractivity contribution is 7.80. The van der Waals surface area contributed by atoms with Gasteiger partial charge in [-0.05, 0) is 30.4 Å². The van der Waals surface area contributed by atoms with E-state index in [4.69, 9.17) is 0 Å². The van der Waals surface area contributed by atoms with Crippen LogP contribution in [0.25, 0.3) is 0 Å². The van der Waals surface area contributed by atoms with Crippen LogP contribution in [0.3, 0.4) is 0 Å². The molecule has 1 aliphatic rings. The number of hydrogen-bond acceptors (Lipinski definition) is 1. The van der Waals surface area contributed by atoms with E-state index in [2.05, 4.69) is 19.6 Å². The minimum Gasteiger partial charge on any atom is -0.179 e. The first kappa shape index (κ1) is 13.4. The third-order valence-corrected chi connectivity index (χ3v) is 4.46. The zero-order valence-electron chi connectivity index (χ0n) is 10.4. The third kappa shape index (κ3) is 5.85. The lowest BCUT2D eigenvalue weighted by Crippen LogP contribution is -2.15. The highest BCUT2D eigenvalue weighted by atomic mass is 32.1. The first-order valence-corrected chi connectivity index (χ1v) is 7.61. The molecular weight excluding hydrogens is 200 g/mol. The van der Waals surface area contributed by atoms with Crippen molar-refractivity contribution in [3.05, 3.63) is 0 Å². The van der Waals surface area contributed by atoms with E-state index >= 15 is 0 Å². The first-order chi connectivity index (χ1) is 7.36. The summed E-state index contributed by atoms with van der Waals surface area (Å²) in [5, 5.41) is 0. The molecule has 0 amide bonds. The van der Waals surface area contributed by atoms with Gasteiger partial charge in [-0.15, -0.1) is 0 Å². The topological polar surface area (TPSA) is 0 Å². The van der Waals surface area contributed by atoms with Crippen LogP contribution in [0.15, 0.2) is 0 Å². The Morgan fingerprint density at radius 2 is 1.47 bits per heavy atom. The van der Waals surface area contributed by atoms with Crippen molar-refractivity contribution in [1.29, 1.82) is 0 Å². The molecule has 0 saturated heterocycles. The van der Waals surface area contributed by atoms with Crippen LogP contribution in [0, 0.1) is 11.8 Å². The molecule has 1 aliphatic carbocycles. The van der Waals surface area contributed by atoms with E-state index < -0.39 is 0 Å². The van der Waals surface area contributed by atoms with Gasteiger partial charge in [0.1, 0.15) is 0 Å². The Kier molecular flexibility index (Phi) is 7.60.